The predicted molar refractivity (Wildman–Crippen MR) is 53.3 cm³/mol. The molecule has 2 heteroatoms. The smallest absolute Gasteiger partial charge is 0.0489 e. The quantitative estimate of drug-likeness (QED) is 0.695. The first-order valence-electron chi connectivity index (χ1n) is 5.10. The highest BCUT2D eigenvalue weighted by atomic mass is 15.3. The molecule has 1 saturated carbocycles. The third kappa shape index (κ3) is 1.50. The Morgan fingerprint density at radius 2 is 2.15 bits per heavy atom. The van der Waals surface area contributed by atoms with Crippen molar-refractivity contribution in [2.24, 2.45) is 17.3 Å². The Kier molecular flexibility index (Phi) is 1.94. The molecule has 0 N–H and O–H groups in total. The number of hydrogen-bond acceptors (Lipinski definition) is 1. The van der Waals surface area contributed by atoms with Crippen molar-refractivity contribution in [3.63, 3.8) is 0 Å². The lowest BCUT2D eigenvalue weighted by Crippen LogP contribution is -2.01. The SMILES string of the molecule is CC1C(CCn2cccn2)C1(C)C. The fourth-order valence-corrected chi connectivity index (χ4v) is 2.34. The molecule has 0 aromatic carbocycles. The van der Waals surface area contributed by atoms with Gasteiger partial charge in [-0.3, -0.25) is 4.68 Å². The molecule has 2 atom stereocenters. The molecule has 2 rings (SSSR count). The van der Waals surface area contributed by atoms with Crippen molar-refractivity contribution in [2.75, 3.05) is 0 Å². The molecule has 0 saturated heterocycles. The van der Waals surface area contributed by atoms with E-state index in [1.54, 1.807) is 0 Å². The van der Waals surface area contributed by atoms with Crippen LogP contribution in [0.4, 0.5) is 0 Å². The lowest BCUT2D eigenvalue weighted by Gasteiger charge is -2.02. The van der Waals surface area contributed by atoms with Crippen LogP contribution >= 0.6 is 0 Å². The van der Waals surface area contributed by atoms with Crippen LogP contribution in [-0.4, -0.2) is 9.78 Å². The molecule has 1 fully saturated rings. The van der Waals surface area contributed by atoms with E-state index in [1.165, 1.54) is 6.42 Å². The van der Waals surface area contributed by atoms with Crippen LogP contribution < -0.4 is 0 Å². The van der Waals surface area contributed by atoms with Crippen LogP contribution in [0.25, 0.3) is 0 Å². The number of rotatable bonds is 3. The largest absolute Gasteiger partial charge is 0.273 e. The van der Waals surface area contributed by atoms with E-state index in [2.05, 4.69) is 25.9 Å². The second kappa shape index (κ2) is 2.86. The highest BCUT2D eigenvalue weighted by Gasteiger charge is 2.53. The fourth-order valence-electron chi connectivity index (χ4n) is 2.34. The molecule has 0 amide bonds. The summed E-state index contributed by atoms with van der Waals surface area (Å²) in [7, 11) is 0. The highest BCUT2D eigenvalue weighted by molar-refractivity contribution is 5.01. The highest BCUT2D eigenvalue weighted by Crippen LogP contribution is 2.59. The summed E-state index contributed by atoms with van der Waals surface area (Å²) in [6.07, 6.45) is 5.16. The molecule has 0 radical (unpaired) electrons. The summed E-state index contributed by atoms with van der Waals surface area (Å²) in [5.74, 6) is 1.79. The van der Waals surface area contributed by atoms with Crippen molar-refractivity contribution in [3.8, 4) is 0 Å². The summed E-state index contributed by atoms with van der Waals surface area (Å²) in [5.41, 5.74) is 0.577. The number of nitrogens with zero attached hydrogens (tertiary/aromatic N) is 2. The molecule has 1 aliphatic rings. The monoisotopic (exact) mass is 178 g/mol. The summed E-state index contributed by atoms with van der Waals surface area (Å²) in [4.78, 5) is 0. The fraction of sp³-hybridized carbons (Fsp3) is 0.727. The average molecular weight is 178 g/mol. The Morgan fingerprint density at radius 3 is 2.62 bits per heavy atom. The third-order valence-electron chi connectivity index (χ3n) is 3.85. The number of aromatic nitrogens is 2. The normalized spacial score (nSPS) is 30.4. The number of hydrogen-bond donors (Lipinski definition) is 0. The molecule has 0 bridgehead atoms. The predicted octanol–water partition coefficient (Wildman–Crippen LogP) is 2.57. The Bertz CT molecular complexity index is 274. The van der Waals surface area contributed by atoms with Crippen LogP contribution in [0.1, 0.15) is 27.2 Å². The molecule has 0 spiro atoms. The standard InChI is InChI=1S/C11H18N2/c1-9-10(11(9,2)3)5-8-13-7-4-6-12-13/h4,6-7,9-10H,5,8H2,1-3H3. The molecule has 0 aliphatic heterocycles. The maximum atomic E-state index is 4.21. The second-order valence-electron chi connectivity index (χ2n) is 4.77. The van der Waals surface area contributed by atoms with Gasteiger partial charge in [0.2, 0.25) is 0 Å². The Labute approximate surface area is 80.0 Å². The van der Waals surface area contributed by atoms with Crippen molar-refractivity contribution in [1.82, 2.24) is 9.78 Å². The van der Waals surface area contributed by atoms with Gasteiger partial charge < -0.3 is 0 Å². The van der Waals surface area contributed by atoms with E-state index in [0.29, 0.717) is 5.41 Å². The van der Waals surface area contributed by atoms with Gasteiger partial charge in [0.25, 0.3) is 0 Å². The van der Waals surface area contributed by atoms with Crippen molar-refractivity contribution in [1.29, 1.82) is 0 Å². The van der Waals surface area contributed by atoms with Gasteiger partial charge in [-0.15, -0.1) is 0 Å². The first-order chi connectivity index (χ1) is 6.12. The van der Waals surface area contributed by atoms with Gasteiger partial charge >= 0.3 is 0 Å². The Morgan fingerprint density at radius 1 is 1.46 bits per heavy atom. The molecular formula is C11H18N2. The molecule has 1 aliphatic carbocycles. The molecule has 2 nitrogen and oxygen atoms in total. The third-order valence-corrected chi connectivity index (χ3v) is 3.85. The first-order valence-corrected chi connectivity index (χ1v) is 5.10. The van der Waals surface area contributed by atoms with Crippen molar-refractivity contribution in [2.45, 2.75) is 33.7 Å². The van der Waals surface area contributed by atoms with Crippen molar-refractivity contribution in [3.05, 3.63) is 18.5 Å². The molecule has 1 aromatic heterocycles. The van der Waals surface area contributed by atoms with Gasteiger partial charge in [-0.05, 0) is 29.7 Å². The zero-order chi connectivity index (χ0) is 9.47. The van der Waals surface area contributed by atoms with Crippen LogP contribution in [0.15, 0.2) is 18.5 Å². The van der Waals surface area contributed by atoms with Crippen LogP contribution in [0.3, 0.4) is 0 Å². The minimum Gasteiger partial charge on any atom is -0.273 e. The van der Waals surface area contributed by atoms with Gasteiger partial charge in [0.1, 0.15) is 0 Å². The Hall–Kier alpha value is -0.790. The van der Waals surface area contributed by atoms with Gasteiger partial charge in [0.15, 0.2) is 0 Å². The summed E-state index contributed by atoms with van der Waals surface area (Å²) >= 11 is 0. The van der Waals surface area contributed by atoms with Gasteiger partial charge in [0, 0.05) is 18.9 Å². The van der Waals surface area contributed by atoms with Crippen LogP contribution in [0.2, 0.25) is 0 Å². The zero-order valence-corrected chi connectivity index (χ0v) is 8.70. The second-order valence-corrected chi connectivity index (χ2v) is 4.77. The van der Waals surface area contributed by atoms with Crippen LogP contribution in [0.5, 0.6) is 0 Å². The van der Waals surface area contributed by atoms with E-state index < -0.39 is 0 Å². The maximum absolute atomic E-state index is 4.21. The van der Waals surface area contributed by atoms with Crippen LogP contribution in [0, 0.1) is 17.3 Å². The molecule has 2 unspecified atom stereocenters. The maximum Gasteiger partial charge on any atom is 0.0489 e. The van der Waals surface area contributed by atoms with Gasteiger partial charge in [-0.25, -0.2) is 0 Å². The lowest BCUT2D eigenvalue weighted by molar-refractivity contribution is 0.476. The Balaban J connectivity index is 1.83. The summed E-state index contributed by atoms with van der Waals surface area (Å²) in [6.45, 7) is 8.16. The lowest BCUT2D eigenvalue weighted by atomic mass is 10.1. The van der Waals surface area contributed by atoms with Crippen LogP contribution in [-0.2, 0) is 6.54 Å². The first kappa shape index (κ1) is 8.79. The van der Waals surface area contributed by atoms with Gasteiger partial charge in [0.05, 0.1) is 0 Å². The van der Waals surface area contributed by atoms with E-state index in [1.807, 2.05) is 23.1 Å². The van der Waals surface area contributed by atoms with Gasteiger partial charge in [-0.2, -0.15) is 5.10 Å². The van der Waals surface area contributed by atoms with E-state index in [0.717, 1.165) is 18.4 Å². The minimum absolute atomic E-state index is 0.577. The van der Waals surface area contributed by atoms with E-state index >= 15 is 0 Å². The average Bonchev–Trinajstić information content (AvgIpc) is 2.57. The van der Waals surface area contributed by atoms with E-state index in [-0.39, 0.29) is 0 Å². The molecule has 1 heterocycles. The molecule has 72 valence electrons. The summed E-state index contributed by atoms with van der Waals surface area (Å²) in [5, 5.41) is 4.21. The van der Waals surface area contributed by atoms with E-state index in [9.17, 15) is 0 Å². The van der Waals surface area contributed by atoms with E-state index in [4.69, 9.17) is 0 Å². The van der Waals surface area contributed by atoms with Crippen molar-refractivity contribution < 1.29 is 0 Å². The summed E-state index contributed by atoms with van der Waals surface area (Å²) in [6, 6.07) is 1.99. The number of aryl methyl sites for hydroxylation is 1. The molecule has 13 heavy (non-hydrogen) atoms. The van der Waals surface area contributed by atoms with Gasteiger partial charge in [-0.1, -0.05) is 20.8 Å². The van der Waals surface area contributed by atoms with Crippen molar-refractivity contribution >= 4 is 0 Å². The molecular weight excluding hydrogens is 160 g/mol. The zero-order valence-electron chi connectivity index (χ0n) is 8.70. The summed E-state index contributed by atoms with van der Waals surface area (Å²) < 4.78 is 2.03. The topological polar surface area (TPSA) is 17.8 Å². The molecule has 1 aromatic rings. The minimum atomic E-state index is 0.577.